The summed E-state index contributed by atoms with van der Waals surface area (Å²) in [6.07, 6.45) is 6.43. The number of ketones is 2. The molecule has 4 rings (SSSR count). The van der Waals surface area contributed by atoms with Crippen LogP contribution >= 0.6 is 0 Å². The maximum atomic E-state index is 12.4. The summed E-state index contributed by atoms with van der Waals surface area (Å²) in [4.78, 5) is 36.5. The highest BCUT2D eigenvalue weighted by molar-refractivity contribution is 5.91. The predicted octanol–water partition coefficient (Wildman–Crippen LogP) is 3.38. The Balaban J connectivity index is 1.80. The quantitative estimate of drug-likeness (QED) is 0.734. The van der Waals surface area contributed by atoms with E-state index in [4.69, 9.17) is 4.74 Å². The Morgan fingerprint density at radius 1 is 1.14 bits per heavy atom. The highest BCUT2D eigenvalue weighted by Crippen LogP contribution is 2.68. The third-order valence-electron chi connectivity index (χ3n) is 8.93. The molecule has 1 N–H and O–H groups in total. The van der Waals surface area contributed by atoms with Crippen molar-refractivity contribution in [1.82, 2.24) is 0 Å². The molecule has 0 heterocycles. The van der Waals surface area contributed by atoms with E-state index >= 15 is 0 Å². The van der Waals surface area contributed by atoms with Gasteiger partial charge < -0.3 is 9.84 Å². The summed E-state index contributed by atoms with van der Waals surface area (Å²) >= 11 is 0. The molecule has 0 spiro atoms. The first-order valence-electron chi connectivity index (χ1n) is 10.7. The zero-order valence-corrected chi connectivity index (χ0v) is 17.4. The van der Waals surface area contributed by atoms with Gasteiger partial charge in [0.25, 0.3) is 0 Å². The predicted molar refractivity (Wildman–Crippen MR) is 103 cm³/mol. The second-order valence-electron chi connectivity index (χ2n) is 10.1. The SMILES string of the molecule is CC(=O)O[C@@H]1C[C@@]2(C)[C@@H](CC[C@]2(O)C(C)=O)[C@@H]2CCC3=CC(=O)CC[C@]3(C)[C@H]21. The van der Waals surface area contributed by atoms with Gasteiger partial charge in [0.15, 0.2) is 11.6 Å². The summed E-state index contributed by atoms with van der Waals surface area (Å²) in [7, 11) is 0. The van der Waals surface area contributed by atoms with Crippen LogP contribution in [-0.4, -0.2) is 34.3 Å². The summed E-state index contributed by atoms with van der Waals surface area (Å²) < 4.78 is 5.87. The number of carbonyl (C=O) groups is 3. The molecule has 4 aliphatic carbocycles. The molecule has 0 aromatic carbocycles. The monoisotopic (exact) mass is 388 g/mol. The maximum Gasteiger partial charge on any atom is 0.302 e. The largest absolute Gasteiger partial charge is 0.462 e. The first-order chi connectivity index (χ1) is 13.0. The maximum absolute atomic E-state index is 12.4. The van der Waals surface area contributed by atoms with E-state index < -0.39 is 11.0 Å². The number of hydrogen-bond donors (Lipinski definition) is 1. The minimum absolute atomic E-state index is 0.136. The molecular weight excluding hydrogens is 356 g/mol. The molecule has 7 atom stereocenters. The molecule has 3 fully saturated rings. The molecule has 0 aromatic rings. The van der Waals surface area contributed by atoms with Crippen LogP contribution in [0.3, 0.4) is 0 Å². The van der Waals surface area contributed by atoms with Crippen molar-refractivity contribution in [3.05, 3.63) is 11.6 Å². The number of hydrogen-bond acceptors (Lipinski definition) is 5. The van der Waals surface area contributed by atoms with Crippen LogP contribution in [0.2, 0.25) is 0 Å². The van der Waals surface area contributed by atoms with E-state index in [1.165, 1.54) is 19.4 Å². The Morgan fingerprint density at radius 2 is 1.86 bits per heavy atom. The van der Waals surface area contributed by atoms with Gasteiger partial charge in [-0.15, -0.1) is 0 Å². The van der Waals surface area contributed by atoms with E-state index in [-0.39, 0.29) is 46.8 Å². The van der Waals surface area contributed by atoms with Crippen LogP contribution in [0.15, 0.2) is 11.6 Å². The molecule has 0 saturated heterocycles. The van der Waals surface area contributed by atoms with Crippen molar-refractivity contribution in [1.29, 1.82) is 0 Å². The number of rotatable bonds is 2. The Hall–Kier alpha value is -1.49. The Morgan fingerprint density at radius 3 is 2.50 bits per heavy atom. The lowest BCUT2D eigenvalue weighted by molar-refractivity contribution is -0.193. The van der Waals surface area contributed by atoms with Crippen molar-refractivity contribution in [2.24, 2.45) is 28.6 Å². The van der Waals surface area contributed by atoms with Crippen LogP contribution in [0.1, 0.15) is 72.6 Å². The van der Waals surface area contributed by atoms with Crippen molar-refractivity contribution in [3.8, 4) is 0 Å². The van der Waals surface area contributed by atoms with Gasteiger partial charge in [-0.2, -0.15) is 0 Å². The third-order valence-corrected chi connectivity index (χ3v) is 8.93. The number of fused-ring (bicyclic) bond motifs is 5. The molecule has 3 saturated carbocycles. The molecule has 4 aliphatic rings. The third kappa shape index (κ3) is 2.51. The van der Waals surface area contributed by atoms with Gasteiger partial charge in [-0.1, -0.05) is 19.4 Å². The summed E-state index contributed by atoms with van der Waals surface area (Å²) in [6.45, 7) is 7.17. The zero-order valence-electron chi connectivity index (χ0n) is 17.4. The number of aliphatic hydroxyl groups is 1. The van der Waals surface area contributed by atoms with Crippen LogP contribution in [-0.2, 0) is 19.1 Å². The number of allylic oxidation sites excluding steroid dienone is 1. The van der Waals surface area contributed by atoms with Gasteiger partial charge in [-0.25, -0.2) is 0 Å². The van der Waals surface area contributed by atoms with Gasteiger partial charge in [0.2, 0.25) is 0 Å². The molecule has 0 bridgehead atoms. The lowest BCUT2D eigenvalue weighted by Crippen LogP contribution is -2.62. The number of ether oxygens (including phenoxy) is 1. The van der Waals surface area contributed by atoms with Crippen LogP contribution in [0.25, 0.3) is 0 Å². The second kappa shape index (κ2) is 6.25. The fourth-order valence-corrected chi connectivity index (χ4v) is 7.56. The number of esters is 1. The number of Topliss-reactive ketones (excluding diaryl/α,β-unsaturated/α-hetero) is 1. The summed E-state index contributed by atoms with van der Waals surface area (Å²) in [5.74, 6) is 0.352. The van der Waals surface area contributed by atoms with E-state index in [2.05, 4.69) is 6.92 Å². The lowest BCUT2D eigenvalue weighted by atomic mass is 9.45. The number of carbonyl (C=O) groups excluding carboxylic acids is 3. The normalized spacial score (nSPS) is 47.5. The fourth-order valence-electron chi connectivity index (χ4n) is 7.56. The summed E-state index contributed by atoms with van der Waals surface area (Å²) in [6, 6.07) is 0. The zero-order chi connectivity index (χ0) is 20.5. The average molecular weight is 389 g/mol. The smallest absolute Gasteiger partial charge is 0.302 e. The first-order valence-corrected chi connectivity index (χ1v) is 10.7. The molecule has 0 amide bonds. The Labute approximate surface area is 166 Å². The van der Waals surface area contributed by atoms with E-state index in [1.807, 2.05) is 13.0 Å². The van der Waals surface area contributed by atoms with Gasteiger partial charge in [-0.05, 0) is 68.8 Å². The lowest BCUT2D eigenvalue weighted by Gasteiger charge is -2.60. The highest BCUT2D eigenvalue weighted by atomic mass is 16.5. The molecule has 28 heavy (non-hydrogen) atoms. The molecule has 5 nitrogen and oxygen atoms in total. The first kappa shape index (κ1) is 19.8. The molecule has 5 heteroatoms. The van der Waals surface area contributed by atoms with Crippen molar-refractivity contribution < 1.29 is 24.2 Å². The fraction of sp³-hybridized carbons (Fsp3) is 0.783. The van der Waals surface area contributed by atoms with E-state index in [0.717, 1.165) is 25.7 Å². The van der Waals surface area contributed by atoms with Gasteiger partial charge in [0.1, 0.15) is 11.7 Å². The van der Waals surface area contributed by atoms with Crippen molar-refractivity contribution in [2.75, 3.05) is 0 Å². The minimum atomic E-state index is -1.35. The molecule has 154 valence electrons. The molecule has 0 unspecified atom stereocenters. The van der Waals surface area contributed by atoms with Gasteiger partial charge in [0, 0.05) is 24.7 Å². The van der Waals surface area contributed by atoms with Crippen molar-refractivity contribution in [3.63, 3.8) is 0 Å². The molecule has 0 aliphatic heterocycles. The minimum Gasteiger partial charge on any atom is -0.462 e. The molecular formula is C23H32O5. The van der Waals surface area contributed by atoms with E-state index in [1.54, 1.807) is 0 Å². The van der Waals surface area contributed by atoms with E-state index in [0.29, 0.717) is 19.3 Å². The Kier molecular flexibility index (Phi) is 4.42. The topological polar surface area (TPSA) is 80.7 Å². The van der Waals surface area contributed by atoms with Gasteiger partial charge in [-0.3, -0.25) is 14.4 Å². The molecule has 0 radical (unpaired) electrons. The van der Waals surface area contributed by atoms with Gasteiger partial charge >= 0.3 is 5.97 Å². The van der Waals surface area contributed by atoms with Crippen LogP contribution in [0, 0.1) is 28.6 Å². The average Bonchev–Trinajstić information content (AvgIpc) is 2.87. The van der Waals surface area contributed by atoms with Gasteiger partial charge in [0.05, 0.1) is 0 Å². The van der Waals surface area contributed by atoms with Crippen LogP contribution in [0.5, 0.6) is 0 Å². The molecule has 0 aromatic heterocycles. The van der Waals surface area contributed by atoms with Crippen molar-refractivity contribution >= 4 is 17.5 Å². The van der Waals surface area contributed by atoms with Crippen molar-refractivity contribution in [2.45, 2.75) is 84.3 Å². The second-order valence-corrected chi connectivity index (χ2v) is 10.1. The summed E-state index contributed by atoms with van der Waals surface area (Å²) in [5, 5.41) is 11.4. The highest BCUT2D eigenvalue weighted by Gasteiger charge is 2.68. The van der Waals surface area contributed by atoms with Crippen LogP contribution < -0.4 is 0 Å². The summed E-state index contributed by atoms with van der Waals surface area (Å²) in [5.41, 5.74) is -0.886. The van der Waals surface area contributed by atoms with E-state index in [9.17, 15) is 19.5 Å². The Bertz CT molecular complexity index is 769. The standard InChI is InChI=1S/C23H32O5/c1-13(24)23(27)10-8-18-17-6-5-15-11-16(26)7-9-21(15,3)20(17)19(28-14(2)25)12-22(18,23)4/h11,17-20,27H,5-10,12H2,1-4H3/t17-,18-,19+,20+,21-,22-,23-/m0/s1. The van der Waals surface area contributed by atoms with Crippen LogP contribution in [0.4, 0.5) is 0 Å².